The molecule has 1 rings (SSSR count). The zero-order valence-corrected chi connectivity index (χ0v) is 4.92. The monoisotopic (exact) mass is 117 g/mol. The van der Waals surface area contributed by atoms with Crippen LogP contribution in [0.5, 0.6) is 0 Å². The van der Waals surface area contributed by atoms with Gasteiger partial charge in [0.25, 0.3) is 0 Å². The largest absolute Gasteiger partial charge is 0.380 e. The molecule has 0 aromatic rings. The van der Waals surface area contributed by atoms with Gasteiger partial charge in [0.2, 0.25) is 0 Å². The molecule has 1 aliphatic heterocycles. The molecule has 0 amide bonds. The molecule has 48 valence electrons. The van der Waals surface area contributed by atoms with Gasteiger partial charge in [-0.05, 0) is 7.05 Å². The molecule has 0 saturated carbocycles. The van der Waals surface area contributed by atoms with Crippen molar-refractivity contribution in [3.05, 3.63) is 0 Å². The Morgan fingerprint density at radius 1 is 1.75 bits per heavy atom. The van der Waals surface area contributed by atoms with Crippen molar-refractivity contribution in [2.75, 3.05) is 20.3 Å². The fourth-order valence-electron chi connectivity index (χ4n) is 0.672. The van der Waals surface area contributed by atoms with E-state index in [1.54, 1.807) is 7.05 Å². The van der Waals surface area contributed by atoms with Gasteiger partial charge in [0.15, 0.2) is 0 Å². The Morgan fingerprint density at radius 3 is 2.50 bits per heavy atom. The van der Waals surface area contributed by atoms with Gasteiger partial charge in [-0.2, -0.15) is 0 Å². The molecule has 1 aliphatic rings. The maximum Gasteiger partial charge on any atom is 0.111 e. The summed E-state index contributed by atoms with van der Waals surface area (Å²) < 4.78 is 4.86. The van der Waals surface area contributed by atoms with Crippen LogP contribution >= 0.6 is 0 Å². The highest BCUT2D eigenvalue weighted by Crippen LogP contribution is 2.11. The summed E-state index contributed by atoms with van der Waals surface area (Å²) in [5, 5.41) is 11.7. The van der Waals surface area contributed by atoms with Gasteiger partial charge in [-0.25, -0.2) is 0 Å². The predicted molar refractivity (Wildman–Crippen MR) is 29.4 cm³/mol. The fraction of sp³-hybridized carbons (Fsp3) is 1.00. The second-order valence-electron chi connectivity index (χ2n) is 2.03. The minimum atomic E-state index is -0.372. The van der Waals surface area contributed by atoms with Gasteiger partial charge in [0.05, 0.1) is 13.2 Å². The van der Waals surface area contributed by atoms with Crippen molar-refractivity contribution in [2.45, 2.75) is 6.23 Å². The molecule has 2 N–H and O–H groups in total. The molecular weight excluding hydrogens is 106 g/mol. The van der Waals surface area contributed by atoms with Gasteiger partial charge >= 0.3 is 0 Å². The molecule has 0 aromatic heterocycles. The average molecular weight is 117 g/mol. The Bertz CT molecular complexity index is 70.1. The lowest BCUT2D eigenvalue weighted by Crippen LogP contribution is -2.44. The van der Waals surface area contributed by atoms with Crippen LogP contribution in [0.15, 0.2) is 0 Å². The first-order chi connectivity index (χ1) is 3.84. The third-order valence-electron chi connectivity index (χ3n) is 1.41. The van der Waals surface area contributed by atoms with E-state index in [9.17, 15) is 0 Å². The molecule has 0 radical (unpaired) electrons. The minimum Gasteiger partial charge on any atom is -0.380 e. The van der Waals surface area contributed by atoms with E-state index in [0.29, 0.717) is 19.1 Å². The third-order valence-corrected chi connectivity index (χ3v) is 1.41. The van der Waals surface area contributed by atoms with Gasteiger partial charge in [0, 0.05) is 5.92 Å². The van der Waals surface area contributed by atoms with Crippen molar-refractivity contribution >= 4 is 0 Å². The van der Waals surface area contributed by atoms with E-state index in [1.807, 2.05) is 0 Å². The molecule has 1 saturated heterocycles. The Labute approximate surface area is 48.7 Å². The van der Waals surface area contributed by atoms with Crippen molar-refractivity contribution < 1.29 is 9.84 Å². The fourth-order valence-corrected chi connectivity index (χ4v) is 0.672. The maximum absolute atomic E-state index is 8.99. The number of aliphatic hydroxyl groups excluding tert-OH is 1. The first-order valence-electron chi connectivity index (χ1n) is 2.77. The van der Waals surface area contributed by atoms with Crippen LogP contribution in [0.25, 0.3) is 0 Å². The Hall–Kier alpha value is -0.120. The number of hydrogen-bond acceptors (Lipinski definition) is 3. The molecule has 3 heteroatoms. The van der Waals surface area contributed by atoms with Crippen molar-refractivity contribution in [3.8, 4) is 0 Å². The molecule has 0 spiro atoms. The summed E-state index contributed by atoms with van der Waals surface area (Å²) in [6.45, 7) is 1.39. The lowest BCUT2D eigenvalue weighted by Gasteiger charge is -2.29. The van der Waals surface area contributed by atoms with E-state index in [1.165, 1.54) is 0 Å². The SMILES string of the molecule is CNC(O)C1COC1. The van der Waals surface area contributed by atoms with E-state index in [4.69, 9.17) is 9.84 Å². The van der Waals surface area contributed by atoms with Gasteiger partial charge in [-0.15, -0.1) is 0 Å². The molecular formula is C5H11NO2. The van der Waals surface area contributed by atoms with Crippen LogP contribution in [0.4, 0.5) is 0 Å². The quantitative estimate of drug-likeness (QED) is 0.464. The number of rotatable bonds is 2. The van der Waals surface area contributed by atoms with Crippen LogP contribution in [0.3, 0.4) is 0 Å². The third kappa shape index (κ3) is 0.992. The van der Waals surface area contributed by atoms with Crippen LogP contribution in [0.2, 0.25) is 0 Å². The predicted octanol–water partition coefficient (Wildman–Crippen LogP) is -0.829. The Morgan fingerprint density at radius 2 is 2.38 bits per heavy atom. The summed E-state index contributed by atoms with van der Waals surface area (Å²) in [5.41, 5.74) is 0. The maximum atomic E-state index is 8.99. The van der Waals surface area contributed by atoms with Crippen molar-refractivity contribution in [2.24, 2.45) is 5.92 Å². The van der Waals surface area contributed by atoms with Crippen molar-refractivity contribution in [1.82, 2.24) is 5.32 Å². The van der Waals surface area contributed by atoms with Crippen LogP contribution in [0.1, 0.15) is 0 Å². The minimum absolute atomic E-state index is 0.319. The van der Waals surface area contributed by atoms with E-state index < -0.39 is 0 Å². The topological polar surface area (TPSA) is 41.5 Å². The summed E-state index contributed by atoms with van der Waals surface area (Å²) in [7, 11) is 1.74. The second kappa shape index (κ2) is 2.44. The highest BCUT2D eigenvalue weighted by atomic mass is 16.5. The first kappa shape index (κ1) is 6.01. The molecule has 3 nitrogen and oxygen atoms in total. The lowest BCUT2D eigenvalue weighted by molar-refractivity contribution is -0.0984. The highest BCUT2D eigenvalue weighted by molar-refractivity contribution is 4.70. The number of ether oxygens (including phenoxy) is 1. The van der Waals surface area contributed by atoms with Crippen molar-refractivity contribution in [1.29, 1.82) is 0 Å². The molecule has 0 aliphatic carbocycles. The van der Waals surface area contributed by atoms with Gasteiger partial charge in [0.1, 0.15) is 6.23 Å². The van der Waals surface area contributed by atoms with Gasteiger partial charge in [-0.3, -0.25) is 5.32 Å². The van der Waals surface area contributed by atoms with Gasteiger partial charge < -0.3 is 9.84 Å². The average Bonchev–Trinajstić information content (AvgIpc) is 1.62. The molecule has 1 fully saturated rings. The smallest absolute Gasteiger partial charge is 0.111 e. The number of hydrogen-bond donors (Lipinski definition) is 2. The van der Waals surface area contributed by atoms with Crippen molar-refractivity contribution in [3.63, 3.8) is 0 Å². The summed E-state index contributed by atoms with van der Waals surface area (Å²) in [6.07, 6.45) is -0.372. The normalized spacial score (nSPS) is 24.8. The summed E-state index contributed by atoms with van der Waals surface area (Å²) in [6, 6.07) is 0. The number of aliphatic hydroxyl groups is 1. The van der Waals surface area contributed by atoms with E-state index >= 15 is 0 Å². The summed E-state index contributed by atoms with van der Waals surface area (Å²) in [4.78, 5) is 0. The molecule has 1 unspecified atom stereocenters. The van der Waals surface area contributed by atoms with Gasteiger partial charge in [-0.1, -0.05) is 0 Å². The van der Waals surface area contributed by atoms with Crippen LogP contribution in [-0.2, 0) is 4.74 Å². The zero-order valence-electron chi connectivity index (χ0n) is 4.92. The molecule has 8 heavy (non-hydrogen) atoms. The zero-order chi connectivity index (χ0) is 5.98. The standard InChI is InChI=1S/C5H11NO2/c1-6-5(7)4-2-8-3-4/h4-7H,2-3H2,1H3. The molecule has 0 bridgehead atoms. The molecule has 1 heterocycles. The van der Waals surface area contributed by atoms with E-state index in [0.717, 1.165) is 0 Å². The first-order valence-corrected chi connectivity index (χ1v) is 2.77. The van der Waals surface area contributed by atoms with Crippen LogP contribution < -0.4 is 5.32 Å². The second-order valence-corrected chi connectivity index (χ2v) is 2.03. The summed E-state index contributed by atoms with van der Waals surface area (Å²) >= 11 is 0. The van der Waals surface area contributed by atoms with Crippen LogP contribution in [0, 0.1) is 5.92 Å². The van der Waals surface area contributed by atoms with E-state index in [-0.39, 0.29) is 6.23 Å². The Balaban J connectivity index is 2.13. The lowest BCUT2D eigenvalue weighted by atomic mass is 10.1. The Kier molecular flexibility index (Phi) is 1.83. The molecule has 1 atom stereocenters. The highest BCUT2D eigenvalue weighted by Gasteiger charge is 2.24. The molecule has 0 aromatic carbocycles. The number of nitrogens with one attached hydrogen (secondary N) is 1. The summed E-state index contributed by atoms with van der Waals surface area (Å²) in [5.74, 6) is 0.319. The van der Waals surface area contributed by atoms with E-state index in [2.05, 4.69) is 5.32 Å². The van der Waals surface area contributed by atoms with Crippen LogP contribution in [-0.4, -0.2) is 31.6 Å².